The van der Waals surface area contributed by atoms with E-state index in [1.807, 2.05) is 0 Å². The molecule has 0 spiro atoms. The van der Waals surface area contributed by atoms with Gasteiger partial charge in [-0.05, 0) is 40.0 Å². The van der Waals surface area contributed by atoms with Gasteiger partial charge in [-0.2, -0.15) is 0 Å². The maximum absolute atomic E-state index is 9.85. The Bertz CT molecular complexity index is 253. The van der Waals surface area contributed by atoms with Gasteiger partial charge in [0, 0.05) is 38.4 Å². The molecule has 0 amide bonds. The summed E-state index contributed by atoms with van der Waals surface area (Å²) in [6, 6.07) is 0.360. The SMILES string of the molecule is COCCCCCCOCC1CC(O)CN1C(C)(C)C. The highest BCUT2D eigenvalue weighted by Crippen LogP contribution is 2.26. The number of hydrogen-bond acceptors (Lipinski definition) is 4. The third-order valence-electron chi connectivity index (χ3n) is 3.95. The number of rotatable bonds is 9. The topological polar surface area (TPSA) is 41.9 Å². The normalized spacial score (nSPS) is 24.4. The van der Waals surface area contributed by atoms with Crippen molar-refractivity contribution in [2.45, 2.75) is 70.6 Å². The van der Waals surface area contributed by atoms with Crippen molar-refractivity contribution in [2.24, 2.45) is 0 Å². The zero-order valence-electron chi connectivity index (χ0n) is 13.7. The Hall–Kier alpha value is -0.160. The number of methoxy groups -OCH3 is 1. The zero-order chi connectivity index (χ0) is 15.0. The smallest absolute Gasteiger partial charge is 0.0683 e. The lowest BCUT2D eigenvalue weighted by Gasteiger charge is -2.36. The number of β-amino-alcohol motifs (C(OH)–C–C–N with tert-alkyl or cyclic N) is 1. The molecule has 2 unspecified atom stereocenters. The molecule has 0 bridgehead atoms. The van der Waals surface area contributed by atoms with Crippen LogP contribution in [0.25, 0.3) is 0 Å². The zero-order valence-corrected chi connectivity index (χ0v) is 13.7. The van der Waals surface area contributed by atoms with Crippen molar-refractivity contribution in [3.05, 3.63) is 0 Å². The van der Waals surface area contributed by atoms with E-state index in [-0.39, 0.29) is 11.6 Å². The molecule has 120 valence electrons. The minimum Gasteiger partial charge on any atom is -0.392 e. The highest BCUT2D eigenvalue weighted by atomic mass is 16.5. The second-order valence-corrected chi connectivity index (χ2v) is 6.85. The van der Waals surface area contributed by atoms with Crippen LogP contribution in [-0.4, -0.2) is 61.2 Å². The van der Waals surface area contributed by atoms with E-state index in [1.165, 1.54) is 12.8 Å². The van der Waals surface area contributed by atoms with E-state index in [0.29, 0.717) is 6.04 Å². The molecule has 1 N–H and O–H groups in total. The van der Waals surface area contributed by atoms with Crippen molar-refractivity contribution >= 4 is 0 Å². The molecule has 0 radical (unpaired) electrons. The summed E-state index contributed by atoms with van der Waals surface area (Å²) in [7, 11) is 1.75. The average molecular weight is 287 g/mol. The molecule has 0 saturated carbocycles. The van der Waals surface area contributed by atoms with Gasteiger partial charge in [-0.15, -0.1) is 0 Å². The number of aliphatic hydroxyl groups is 1. The first kappa shape index (κ1) is 17.9. The molecule has 0 aliphatic carbocycles. The van der Waals surface area contributed by atoms with Gasteiger partial charge in [-0.1, -0.05) is 12.8 Å². The molecule has 1 heterocycles. The maximum atomic E-state index is 9.85. The highest BCUT2D eigenvalue weighted by Gasteiger charge is 2.37. The van der Waals surface area contributed by atoms with Gasteiger partial charge in [0.05, 0.1) is 12.7 Å². The Morgan fingerprint density at radius 1 is 1.10 bits per heavy atom. The van der Waals surface area contributed by atoms with Crippen LogP contribution in [0.1, 0.15) is 52.9 Å². The molecule has 1 fully saturated rings. The summed E-state index contributed by atoms with van der Waals surface area (Å²) in [5, 5.41) is 9.85. The number of aliphatic hydroxyl groups excluding tert-OH is 1. The summed E-state index contributed by atoms with van der Waals surface area (Å²) in [5.74, 6) is 0. The van der Waals surface area contributed by atoms with E-state index in [1.54, 1.807) is 7.11 Å². The lowest BCUT2D eigenvalue weighted by atomic mass is 10.1. The van der Waals surface area contributed by atoms with Gasteiger partial charge in [0.25, 0.3) is 0 Å². The third-order valence-corrected chi connectivity index (χ3v) is 3.95. The van der Waals surface area contributed by atoms with Crippen LogP contribution in [0.5, 0.6) is 0 Å². The Balaban J connectivity index is 2.11. The fourth-order valence-corrected chi connectivity index (χ4v) is 2.90. The van der Waals surface area contributed by atoms with E-state index < -0.39 is 0 Å². The lowest BCUT2D eigenvalue weighted by Crippen LogP contribution is -2.46. The largest absolute Gasteiger partial charge is 0.392 e. The first-order chi connectivity index (χ1) is 9.45. The third kappa shape index (κ3) is 6.53. The van der Waals surface area contributed by atoms with Gasteiger partial charge in [0.15, 0.2) is 0 Å². The average Bonchev–Trinajstić information content (AvgIpc) is 2.74. The number of nitrogens with zero attached hydrogens (tertiary/aromatic N) is 1. The summed E-state index contributed by atoms with van der Waals surface area (Å²) >= 11 is 0. The van der Waals surface area contributed by atoms with Crippen LogP contribution in [0, 0.1) is 0 Å². The summed E-state index contributed by atoms with van der Waals surface area (Å²) in [6.07, 6.45) is 5.33. The molecular formula is C16H33NO3. The minimum atomic E-state index is -0.197. The van der Waals surface area contributed by atoms with Crippen molar-refractivity contribution in [1.29, 1.82) is 0 Å². The fraction of sp³-hybridized carbons (Fsp3) is 1.00. The van der Waals surface area contributed by atoms with Gasteiger partial charge >= 0.3 is 0 Å². The number of hydrogen-bond donors (Lipinski definition) is 1. The summed E-state index contributed by atoms with van der Waals surface area (Å²) in [5.41, 5.74) is 0.103. The molecule has 4 nitrogen and oxygen atoms in total. The van der Waals surface area contributed by atoms with Gasteiger partial charge < -0.3 is 14.6 Å². The van der Waals surface area contributed by atoms with Crippen LogP contribution >= 0.6 is 0 Å². The monoisotopic (exact) mass is 287 g/mol. The van der Waals surface area contributed by atoms with Gasteiger partial charge in [-0.25, -0.2) is 0 Å². The Morgan fingerprint density at radius 2 is 1.75 bits per heavy atom. The molecule has 1 rings (SSSR count). The predicted octanol–water partition coefficient (Wildman–Crippen LogP) is 2.44. The van der Waals surface area contributed by atoms with Crippen molar-refractivity contribution < 1.29 is 14.6 Å². The second kappa shape index (κ2) is 8.98. The quantitative estimate of drug-likeness (QED) is 0.661. The molecule has 1 saturated heterocycles. The summed E-state index contributed by atoms with van der Waals surface area (Å²) < 4.78 is 10.8. The summed E-state index contributed by atoms with van der Waals surface area (Å²) in [4.78, 5) is 2.37. The number of likely N-dealkylation sites (tertiary alicyclic amines) is 1. The van der Waals surface area contributed by atoms with Crippen LogP contribution in [0.15, 0.2) is 0 Å². The van der Waals surface area contributed by atoms with E-state index in [4.69, 9.17) is 9.47 Å². The van der Waals surface area contributed by atoms with Gasteiger partial charge in [0.1, 0.15) is 0 Å². The fourth-order valence-electron chi connectivity index (χ4n) is 2.90. The Kier molecular flexibility index (Phi) is 8.03. The molecular weight excluding hydrogens is 254 g/mol. The Morgan fingerprint density at radius 3 is 2.35 bits per heavy atom. The van der Waals surface area contributed by atoms with E-state index in [9.17, 15) is 5.11 Å². The van der Waals surface area contributed by atoms with Gasteiger partial charge in [0.2, 0.25) is 0 Å². The molecule has 1 aliphatic heterocycles. The molecule has 2 atom stereocenters. The van der Waals surface area contributed by atoms with Crippen LogP contribution in [0.3, 0.4) is 0 Å². The molecule has 0 aromatic rings. The standard InChI is InChI=1S/C16H33NO3/c1-16(2,3)17-12-15(18)11-14(17)13-20-10-8-6-5-7-9-19-4/h14-15,18H,5-13H2,1-4H3. The van der Waals surface area contributed by atoms with Crippen molar-refractivity contribution in [2.75, 3.05) is 33.5 Å². The van der Waals surface area contributed by atoms with Gasteiger partial charge in [-0.3, -0.25) is 4.90 Å². The van der Waals surface area contributed by atoms with Crippen LogP contribution in [0.4, 0.5) is 0 Å². The van der Waals surface area contributed by atoms with Crippen molar-refractivity contribution in [1.82, 2.24) is 4.90 Å². The molecule has 1 aliphatic rings. The highest BCUT2D eigenvalue weighted by molar-refractivity contribution is 4.92. The second-order valence-electron chi connectivity index (χ2n) is 6.85. The van der Waals surface area contributed by atoms with Crippen LogP contribution < -0.4 is 0 Å². The maximum Gasteiger partial charge on any atom is 0.0683 e. The number of unbranched alkanes of at least 4 members (excludes halogenated alkanes) is 3. The Labute approximate surface area is 124 Å². The van der Waals surface area contributed by atoms with E-state index in [0.717, 1.165) is 45.6 Å². The van der Waals surface area contributed by atoms with Crippen LogP contribution in [-0.2, 0) is 9.47 Å². The molecule has 4 heteroatoms. The molecule has 0 aromatic carbocycles. The predicted molar refractivity (Wildman–Crippen MR) is 82.0 cm³/mol. The van der Waals surface area contributed by atoms with Crippen molar-refractivity contribution in [3.63, 3.8) is 0 Å². The van der Waals surface area contributed by atoms with E-state index >= 15 is 0 Å². The first-order valence-electron chi connectivity index (χ1n) is 7.96. The lowest BCUT2D eigenvalue weighted by molar-refractivity contribution is 0.0364. The summed E-state index contributed by atoms with van der Waals surface area (Å²) in [6.45, 7) is 9.81. The van der Waals surface area contributed by atoms with Crippen LogP contribution in [0.2, 0.25) is 0 Å². The molecule has 20 heavy (non-hydrogen) atoms. The number of ether oxygens (including phenoxy) is 2. The molecule has 0 aromatic heterocycles. The van der Waals surface area contributed by atoms with Crippen molar-refractivity contribution in [3.8, 4) is 0 Å². The van der Waals surface area contributed by atoms with E-state index in [2.05, 4.69) is 25.7 Å². The first-order valence-corrected chi connectivity index (χ1v) is 7.96. The minimum absolute atomic E-state index is 0.103.